The van der Waals surface area contributed by atoms with Crippen molar-refractivity contribution in [3.05, 3.63) is 27.8 Å². The average molecular weight is 400 g/mol. The van der Waals surface area contributed by atoms with Gasteiger partial charge in [0.15, 0.2) is 22.7 Å². The predicted molar refractivity (Wildman–Crippen MR) is 100 cm³/mol. The third kappa shape index (κ3) is 4.12. The second-order valence-corrected chi connectivity index (χ2v) is 7.32. The van der Waals surface area contributed by atoms with Gasteiger partial charge in [0.25, 0.3) is 11.6 Å². The highest BCUT2D eigenvalue weighted by molar-refractivity contribution is 7.99. The molecule has 1 amide bonds. The van der Waals surface area contributed by atoms with Crippen molar-refractivity contribution in [1.82, 2.24) is 4.90 Å². The Morgan fingerprint density at radius 1 is 1.48 bits per heavy atom. The molecule has 27 heavy (non-hydrogen) atoms. The molecule has 1 aromatic carbocycles. The second-order valence-electron chi connectivity index (χ2n) is 5.98. The Morgan fingerprint density at radius 2 is 2.19 bits per heavy atom. The van der Waals surface area contributed by atoms with Crippen molar-refractivity contribution in [2.75, 3.05) is 26.0 Å². The van der Waals surface area contributed by atoms with Crippen molar-refractivity contribution in [3.63, 3.8) is 0 Å². The zero-order valence-corrected chi connectivity index (χ0v) is 16.3. The van der Waals surface area contributed by atoms with Crippen LogP contribution in [0.3, 0.4) is 0 Å². The SMILES string of the molecule is CCOC(SCC)[C@@]1(O)CCCN1C(=O)c1cc(OC)c(O)cc1[N+](=O)[O-]. The summed E-state index contributed by atoms with van der Waals surface area (Å²) in [4.78, 5) is 25.0. The molecule has 0 bridgehead atoms. The zero-order chi connectivity index (χ0) is 20.2. The van der Waals surface area contributed by atoms with Gasteiger partial charge in [0, 0.05) is 25.6 Å². The van der Waals surface area contributed by atoms with E-state index < -0.39 is 33.4 Å². The number of rotatable bonds is 8. The first-order chi connectivity index (χ1) is 12.8. The molecule has 1 unspecified atom stereocenters. The maximum atomic E-state index is 13.1. The molecule has 2 N–H and O–H groups in total. The number of carbonyl (C=O) groups excluding carboxylic acids is 1. The van der Waals surface area contributed by atoms with Crippen LogP contribution in [-0.2, 0) is 4.74 Å². The lowest BCUT2D eigenvalue weighted by Crippen LogP contribution is -2.55. The first kappa shape index (κ1) is 21.3. The van der Waals surface area contributed by atoms with E-state index in [1.165, 1.54) is 23.8 Å². The summed E-state index contributed by atoms with van der Waals surface area (Å²) in [5.74, 6) is -0.536. The van der Waals surface area contributed by atoms with Gasteiger partial charge in [0.1, 0.15) is 5.56 Å². The van der Waals surface area contributed by atoms with E-state index in [1.54, 1.807) is 6.92 Å². The number of ether oxygens (including phenoxy) is 2. The zero-order valence-electron chi connectivity index (χ0n) is 15.5. The van der Waals surface area contributed by atoms with E-state index in [0.717, 1.165) is 12.1 Å². The van der Waals surface area contributed by atoms with E-state index in [9.17, 15) is 25.1 Å². The van der Waals surface area contributed by atoms with Gasteiger partial charge in [-0.15, -0.1) is 11.8 Å². The fourth-order valence-corrected chi connectivity index (χ4v) is 4.20. The van der Waals surface area contributed by atoms with Crippen molar-refractivity contribution < 1.29 is 29.4 Å². The van der Waals surface area contributed by atoms with Crippen LogP contribution in [0.1, 0.15) is 37.0 Å². The van der Waals surface area contributed by atoms with Crippen LogP contribution in [0.4, 0.5) is 5.69 Å². The Bertz CT molecular complexity index is 709. The van der Waals surface area contributed by atoms with Gasteiger partial charge in [-0.1, -0.05) is 6.92 Å². The molecule has 1 aliphatic heterocycles. The summed E-state index contributed by atoms with van der Waals surface area (Å²) < 4.78 is 10.6. The van der Waals surface area contributed by atoms with Gasteiger partial charge in [-0.05, 0) is 19.1 Å². The molecule has 0 radical (unpaired) electrons. The number of nitro benzene ring substituents is 1. The van der Waals surface area contributed by atoms with Crippen molar-refractivity contribution in [1.29, 1.82) is 0 Å². The van der Waals surface area contributed by atoms with Crippen LogP contribution in [0.5, 0.6) is 11.5 Å². The van der Waals surface area contributed by atoms with Crippen LogP contribution in [-0.4, -0.2) is 63.1 Å². The molecule has 0 spiro atoms. The molecule has 150 valence electrons. The van der Waals surface area contributed by atoms with Crippen molar-refractivity contribution in [2.45, 2.75) is 37.9 Å². The van der Waals surface area contributed by atoms with Crippen LogP contribution < -0.4 is 4.74 Å². The average Bonchev–Trinajstić information content (AvgIpc) is 3.03. The Morgan fingerprint density at radius 3 is 2.74 bits per heavy atom. The number of hydrogen-bond acceptors (Lipinski definition) is 8. The molecule has 1 saturated heterocycles. The summed E-state index contributed by atoms with van der Waals surface area (Å²) in [7, 11) is 1.28. The van der Waals surface area contributed by atoms with E-state index >= 15 is 0 Å². The Balaban J connectivity index is 2.48. The number of hydrogen-bond donors (Lipinski definition) is 2. The summed E-state index contributed by atoms with van der Waals surface area (Å²) in [6.45, 7) is 4.30. The molecule has 1 fully saturated rings. The van der Waals surface area contributed by atoms with Gasteiger partial charge in [-0.2, -0.15) is 0 Å². The number of aliphatic hydroxyl groups is 1. The third-order valence-corrected chi connectivity index (χ3v) is 5.53. The van der Waals surface area contributed by atoms with E-state index in [0.29, 0.717) is 25.2 Å². The number of carbonyl (C=O) groups is 1. The Kier molecular flexibility index (Phi) is 6.90. The second kappa shape index (κ2) is 8.77. The van der Waals surface area contributed by atoms with Crippen molar-refractivity contribution in [3.8, 4) is 11.5 Å². The maximum absolute atomic E-state index is 13.1. The normalized spacial score (nSPS) is 20.5. The fraction of sp³-hybridized carbons (Fsp3) is 0.588. The highest BCUT2D eigenvalue weighted by Gasteiger charge is 2.50. The molecule has 0 saturated carbocycles. The minimum absolute atomic E-state index is 0.0593. The first-order valence-electron chi connectivity index (χ1n) is 8.63. The summed E-state index contributed by atoms with van der Waals surface area (Å²) >= 11 is 1.37. The van der Waals surface area contributed by atoms with Crippen molar-refractivity contribution in [2.24, 2.45) is 0 Å². The molecule has 1 aromatic rings. The summed E-state index contributed by atoms with van der Waals surface area (Å²) in [5.41, 5.74) is -3.06. The van der Waals surface area contributed by atoms with E-state index in [1.807, 2.05) is 6.92 Å². The quantitative estimate of drug-likeness (QED) is 0.387. The van der Waals surface area contributed by atoms with Crippen LogP contribution in [0.15, 0.2) is 12.1 Å². The van der Waals surface area contributed by atoms with Crippen LogP contribution in [0.2, 0.25) is 0 Å². The fourth-order valence-electron chi connectivity index (χ4n) is 3.15. The molecule has 9 nitrogen and oxygen atoms in total. The largest absolute Gasteiger partial charge is 0.504 e. The van der Waals surface area contributed by atoms with Gasteiger partial charge in [-0.3, -0.25) is 14.9 Å². The van der Waals surface area contributed by atoms with Crippen LogP contribution in [0.25, 0.3) is 0 Å². The summed E-state index contributed by atoms with van der Waals surface area (Å²) in [6, 6.07) is 2.00. The number of nitrogens with zero attached hydrogens (tertiary/aromatic N) is 2. The third-order valence-electron chi connectivity index (χ3n) is 4.38. The highest BCUT2D eigenvalue weighted by atomic mass is 32.2. The van der Waals surface area contributed by atoms with Gasteiger partial charge in [0.05, 0.1) is 18.1 Å². The molecule has 2 atom stereocenters. The standard InChI is InChI=1S/C17H24N2O7S/c1-4-26-16(27-5-2)17(22)7-6-8-18(17)15(21)11-9-14(25-3)13(20)10-12(11)19(23)24/h9-10,16,20,22H,4-8H2,1-3H3/t16?,17-/m0/s1. The smallest absolute Gasteiger partial charge is 0.286 e. The minimum atomic E-state index is -1.58. The number of thioether (sulfide) groups is 1. The number of likely N-dealkylation sites (tertiary alicyclic amines) is 1. The molecule has 2 rings (SSSR count). The lowest BCUT2D eigenvalue weighted by atomic mass is 10.1. The molecular formula is C17H24N2O7S. The maximum Gasteiger partial charge on any atom is 0.286 e. The monoisotopic (exact) mass is 400 g/mol. The van der Waals surface area contributed by atoms with E-state index in [4.69, 9.17) is 9.47 Å². The molecular weight excluding hydrogens is 376 g/mol. The van der Waals surface area contributed by atoms with Crippen molar-refractivity contribution >= 4 is 23.4 Å². The van der Waals surface area contributed by atoms with E-state index in [2.05, 4.69) is 0 Å². The lowest BCUT2D eigenvalue weighted by molar-refractivity contribution is -0.385. The van der Waals surface area contributed by atoms with Gasteiger partial charge in [-0.25, -0.2) is 0 Å². The molecule has 10 heteroatoms. The highest BCUT2D eigenvalue weighted by Crippen LogP contribution is 2.40. The minimum Gasteiger partial charge on any atom is -0.504 e. The molecule has 0 aliphatic carbocycles. The van der Waals surface area contributed by atoms with Gasteiger partial charge < -0.3 is 24.6 Å². The lowest BCUT2D eigenvalue weighted by Gasteiger charge is -2.39. The Labute approximate surface area is 161 Å². The molecule has 1 aliphatic rings. The first-order valence-corrected chi connectivity index (χ1v) is 9.67. The van der Waals surface area contributed by atoms with Crippen LogP contribution in [0, 0.1) is 10.1 Å². The Hall–Kier alpha value is -2.04. The number of methoxy groups -OCH3 is 1. The summed E-state index contributed by atoms with van der Waals surface area (Å²) in [5, 5.41) is 32.4. The van der Waals surface area contributed by atoms with Crippen LogP contribution >= 0.6 is 11.8 Å². The number of phenols is 1. The van der Waals surface area contributed by atoms with Gasteiger partial charge in [0.2, 0.25) is 0 Å². The molecule has 1 heterocycles. The molecule has 0 aromatic heterocycles. The predicted octanol–water partition coefficient (Wildman–Crippen LogP) is 2.35. The topological polar surface area (TPSA) is 122 Å². The van der Waals surface area contributed by atoms with E-state index in [-0.39, 0.29) is 17.9 Å². The number of nitro groups is 1. The van der Waals surface area contributed by atoms with Gasteiger partial charge >= 0.3 is 0 Å². The number of phenolic OH excluding ortho intramolecular Hbond substituents is 1. The summed E-state index contributed by atoms with van der Waals surface area (Å²) in [6.07, 6.45) is 0.846. The number of amides is 1. The number of benzene rings is 1. The number of aromatic hydroxyl groups is 1.